The third kappa shape index (κ3) is 3.28. The average molecular weight is 365 g/mol. The summed E-state index contributed by atoms with van der Waals surface area (Å²) in [6.07, 6.45) is 3.03. The number of hydrogen-bond acceptors (Lipinski definition) is 4. The Kier molecular flexibility index (Phi) is 4.58. The van der Waals surface area contributed by atoms with Crippen LogP contribution in [0.3, 0.4) is 0 Å². The van der Waals surface area contributed by atoms with Crippen molar-refractivity contribution in [2.24, 2.45) is 0 Å². The summed E-state index contributed by atoms with van der Waals surface area (Å²) in [5.74, 6) is 0.779. The summed E-state index contributed by atoms with van der Waals surface area (Å²) < 4.78 is 5.17. The van der Waals surface area contributed by atoms with Gasteiger partial charge in [0.1, 0.15) is 11.4 Å². The minimum absolute atomic E-state index is 0.0151. The lowest BCUT2D eigenvalue weighted by Gasteiger charge is -2.25. The van der Waals surface area contributed by atoms with Gasteiger partial charge in [-0.1, -0.05) is 12.1 Å². The zero-order chi connectivity index (χ0) is 17.9. The van der Waals surface area contributed by atoms with Gasteiger partial charge < -0.3 is 9.64 Å². The van der Waals surface area contributed by atoms with Crippen LogP contribution in [-0.2, 0) is 0 Å². The molecule has 4 rings (SSSR count). The molecular weight excluding hydrogens is 346 g/mol. The molecule has 1 N–H and O–H groups in total. The van der Waals surface area contributed by atoms with Crippen molar-refractivity contribution in [1.82, 2.24) is 15.1 Å². The van der Waals surface area contributed by atoms with Gasteiger partial charge in [-0.05, 0) is 53.8 Å². The lowest BCUT2D eigenvalue weighted by Crippen LogP contribution is -2.34. The fraction of sp³-hybridized carbons (Fsp3) is 0.200. The number of carbonyl (C=O) groups is 1. The average Bonchev–Trinajstić information content (AvgIpc) is 3.40. The highest BCUT2D eigenvalue weighted by Crippen LogP contribution is 2.27. The molecule has 0 atom stereocenters. The van der Waals surface area contributed by atoms with Crippen molar-refractivity contribution in [3.05, 3.63) is 64.5 Å². The Hall–Kier alpha value is -2.86. The number of methoxy groups -OCH3 is 1. The molecule has 3 aromatic rings. The summed E-state index contributed by atoms with van der Waals surface area (Å²) in [5.41, 5.74) is 3.54. The van der Waals surface area contributed by atoms with Crippen LogP contribution in [0.4, 0.5) is 0 Å². The van der Waals surface area contributed by atoms with Crippen molar-refractivity contribution in [1.29, 1.82) is 0 Å². The second kappa shape index (κ2) is 7.17. The summed E-state index contributed by atoms with van der Waals surface area (Å²) in [4.78, 5) is 15.9. The van der Waals surface area contributed by atoms with E-state index in [1.54, 1.807) is 18.4 Å². The van der Waals surface area contributed by atoms with E-state index in [-0.39, 0.29) is 5.91 Å². The van der Waals surface area contributed by atoms with Crippen LogP contribution >= 0.6 is 11.3 Å². The van der Waals surface area contributed by atoms with E-state index in [4.69, 9.17) is 4.74 Å². The van der Waals surface area contributed by atoms with Crippen LogP contribution in [0.2, 0.25) is 0 Å². The van der Waals surface area contributed by atoms with Crippen LogP contribution in [0, 0.1) is 0 Å². The minimum Gasteiger partial charge on any atom is -0.497 e. The number of thiophene rings is 1. The molecule has 1 aliphatic heterocycles. The Morgan fingerprint density at radius 2 is 2.12 bits per heavy atom. The topological polar surface area (TPSA) is 58.2 Å². The van der Waals surface area contributed by atoms with Gasteiger partial charge in [-0.3, -0.25) is 9.89 Å². The Balaban J connectivity index is 1.46. The van der Waals surface area contributed by atoms with Gasteiger partial charge in [0, 0.05) is 23.5 Å². The van der Waals surface area contributed by atoms with Crippen molar-refractivity contribution in [2.45, 2.75) is 6.42 Å². The summed E-state index contributed by atoms with van der Waals surface area (Å²) >= 11 is 1.74. The van der Waals surface area contributed by atoms with E-state index in [0.29, 0.717) is 12.2 Å². The van der Waals surface area contributed by atoms with E-state index in [1.165, 1.54) is 10.5 Å². The van der Waals surface area contributed by atoms with Crippen molar-refractivity contribution >= 4 is 22.8 Å². The van der Waals surface area contributed by atoms with Gasteiger partial charge >= 0.3 is 0 Å². The maximum atomic E-state index is 12.7. The van der Waals surface area contributed by atoms with Crippen molar-refractivity contribution in [3.63, 3.8) is 0 Å². The third-order valence-electron chi connectivity index (χ3n) is 4.53. The SMILES string of the molecule is COc1ccc(-c2cc(C(=O)N3CC=C(c4cccs4)CC3)[nH]n2)cc1. The van der Waals surface area contributed by atoms with Crippen LogP contribution < -0.4 is 4.74 Å². The van der Waals surface area contributed by atoms with Gasteiger partial charge in [0.05, 0.1) is 12.8 Å². The number of nitrogens with zero attached hydrogens (tertiary/aromatic N) is 2. The third-order valence-corrected chi connectivity index (χ3v) is 5.47. The second-order valence-electron chi connectivity index (χ2n) is 6.10. The molecule has 3 heterocycles. The number of H-pyrrole nitrogens is 1. The van der Waals surface area contributed by atoms with E-state index < -0.39 is 0 Å². The molecule has 1 aromatic carbocycles. The number of ether oxygens (including phenoxy) is 1. The first-order chi connectivity index (χ1) is 12.7. The van der Waals surface area contributed by atoms with Gasteiger partial charge in [0.2, 0.25) is 0 Å². The molecule has 1 amide bonds. The molecule has 132 valence electrons. The molecule has 0 saturated heterocycles. The maximum Gasteiger partial charge on any atom is 0.272 e. The Morgan fingerprint density at radius 3 is 2.77 bits per heavy atom. The number of benzene rings is 1. The Labute approximate surface area is 155 Å². The smallest absolute Gasteiger partial charge is 0.272 e. The number of rotatable bonds is 4. The first-order valence-electron chi connectivity index (χ1n) is 8.46. The number of amides is 1. The molecule has 5 nitrogen and oxygen atoms in total. The number of hydrogen-bond donors (Lipinski definition) is 1. The molecule has 2 aromatic heterocycles. The van der Waals surface area contributed by atoms with Gasteiger partial charge in [-0.15, -0.1) is 11.3 Å². The highest BCUT2D eigenvalue weighted by molar-refractivity contribution is 7.11. The number of aromatic nitrogens is 2. The van der Waals surface area contributed by atoms with Crippen LogP contribution in [0.1, 0.15) is 21.8 Å². The molecule has 6 heteroatoms. The highest BCUT2D eigenvalue weighted by atomic mass is 32.1. The molecule has 26 heavy (non-hydrogen) atoms. The van der Waals surface area contributed by atoms with Crippen LogP contribution in [0.25, 0.3) is 16.8 Å². The molecule has 0 saturated carbocycles. The number of aromatic amines is 1. The van der Waals surface area contributed by atoms with E-state index in [0.717, 1.165) is 30.0 Å². The summed E-state index contributed by atoms with van der Waals surface area (Å²) in [6, 6.07) is 13.6. The largest absolute Gasteiger partial charge is 0.497 e. The van der Waals surface area contributed by atoms with Gasteiger partial charge in [-0.25, -0.2) is 0 Å². The zero-order valence-corrected chi connectivity index (χ0v) is 15.3. The number of nitrogens with one attached hydrogen (secondary N) is 1. The van der Waals surface area contributed by atoms with E-state index in [2.05, 4.69) is 33.8 Å². The lowest BCUT2D eigenvalue weighted by atomic mass is 10.1. The van der Waals surface area contributed by atoms with Crippen LogP contribution in [0.15, 0.2) is 53.9 Å². The molecule has 0 spiro atoms. The predicted octanol–water partition coefficient (Wildman–Crippen LogP) is 4.08. The summed E-state index contributed by atoms with van der Waals surface area (Å²) in [5, 5.41) is 9.25. The lowest BCUT2D eigenvalue weighted by molar-refractivity contribution is 0.0767. The summed E-state index contributed by atoms with van der Waals surface area (Å²) in [6.45, 7) is 1.35. The van der Waals surface area contributed by atoms with Crippen molar-refractivity contribution in [2.75, 3.05) is 20.2 Å². The molecule has 0 fully saturated rings. The number of carbonyl (C=O) groups excluding carboxylic acids is 1. The molecular formula is C20H19N3O2S. The van der Waals surface area contributed by atoms with Crippen molar-refractivity contribution < 1.29 is 9.53 Å². The first kappa shape index (κ1) is 16.6. The summed E-state index contributed by atoms with van der Waals surface area (Å²) in [7, 11) is 1.64. The van der Waals surface area contributed by atoms with E-state index in [9.17, 15) is 4.79 Å². The second-order valence-corrected chi connectivity index (χ2v) is 7.05. The van der Waals surface area contributed by atoms with E-state index in [1.807, 2.05) is 35.2 Å². The highest BCUT2D eigenvalue weighted by Gasteiger charge is 2.21. The van der Waals surface area contributed by atoms with Crippen LogP contribution in [-0.4, -0.2) is 41.2 Å². The minimum atomic E-state index is -0.0151. The monoisotopic (exact) mass is 365 g/mol. The normalized spacial score (nSPS) is 14.2. The first-order valence-corrected chi connectivity index (χ1v) is 9.34. The van der Waals surface area contributed by atoms with Gasteiger partial charge in [-0.2, -0.15) is 5.10 Å². The Morgan fingerprint density at radius 1 is 1.27 bits per heavy atom. The van der Waals surface area contributed by atoms with E-state index >= 15 is 0 Å². The fourth-order valence-corrected chi connectivity index (χ4v) is 3.85. The Bertz CT molecular complexity index is 926. The quantitative estimate of drug-likeness (QED) is 0.758. The molecule has 0 bridgehead atoms. The standard InChI is InChI=1S/C20H19N3O2S/c1-25-16-6-4-14(5-7-16)17-13-18(22-21-17)20(24)23-10-8-15(9-11-23)19-3-2-12-26-19/h2-8,12-13H,9-11H2,1H3,(H,21,22). The fourth-order valence-electron chi connectivity index (χ4n) is 3.05. The zero-order valence-electron chi connectivity index (χ0n) is 14.4. The molecule has 0 radical (unpaired) electrons. The van der Waals surface area contributed by atoms with Crippen molar-refractivity contribution in [3.8, 4) is 17.0 Å². The maximum absolute atomic E-state index is 12.7. The predicted molar refractivity (Wildman–Crippen MR) is 103 cm³/mol. The molecule has 0 unspecified atom stereocenters. The van der Waals surface area contributed by atoms with Gasteiger partial charge in [0.15, 0.2) is 0 Å². The van der Waals surface area contributed by atoms with Crippen LogP contribution in [0.5, 0.6) is 5.75 Å². The molecule has 0 aliphatic carbocycles. The molecule has 1 aliphatic rings. The van der Waals surface area contributed by atoms with Gasteiger partial charge in [0.25, 0.3) is 5.91 Å².